The van der Waals surface area contributed by atoms with Gasteiger partial charge in [-0.3, -0.25) is 14.3 Å². The number of para-hydroxylation sites is 2. The zero-order valence-corrected chi connectivity index (χ0v) is 25.8. The van der Waals surface area contributed by atoms with Gasteiger partial charge in [0.2, 0.25) is 5.91 Å². The molecule has 1 saturated heterocycles. The molecule has 6 rings (SSSR count). The fourth-order valence-corrected chi connectivity index (χ4v) is 6.37. The molecule has 228 valence electrons. The lowest BCUT2D eigenvalue weighted by Gasteiger charge is -2.32. The molecule has 2 amide bonds. The van der Waals surface area contributed by atoms with Crippen molar-refractivity contribution >= 4 is 29.0 Å². The van der Waals surface area contributed by atoms with Gasteiger partial charge in [-0.1, -0.05) is 48.5 Å². The summed E-state index contributed by atoms with van der Waals surface area (Å²) in [7, 11) is 1.90. The third-order valence-electron chi connectivity index (χ3n) is 9.07. The van der Waals surface area contributed by atoms with Crippen LogP contribution in [0.3, 0.4) is 0 Å². The largest absolute Gasteiger partial charge is 0.343 e. The quantitative estimate of drug-likeness (QED) is 0.247. The van der Waals surface area contributed by atoms with Crippen LogP contribution < -0.4 is 15.5 Å². The summed E-state index contributed by atoms with van der Waals surface area (Å²) in [4.78, 5) is 30.8. The second-order valence-electron chi connectivity index (χ2n) is 12.1. The van der Waals surface area contributed by atoms with E-state index >= 15 is 0 Å². The third-order valence-corrected chi connectivity index (χ3v) is 9.07. The number of rotatable bonds is 9. The first-order chi connectivity index (χ1) is 21.5. The van der Waals surface area contributed by atoms with Gasteiger partial charge in [0.15, 0.2) is 0 Å². The smallest absolute Gasteiger partial charge is 0.258 e. The fourth-order valence-electron chi connectivity index (χ4n) is 6.37. The van der Waals surface area contributed by atoms with Crippen LogP contribution in [0, 0.1) is 12.8 Å². The number of aryl methyl sites for hydroxylation is 3. The molecule has 0 atom stereocenters. The van der Waals surface area contributed by atoms with E-state index in [9.17, 15) is 9.59 Å². The number of aromatic nitrogens is 2. The van der Waals surface area contributed by atoms with E-state index in [1.807, 2.05) is 72.4 Å². The second-order valence-corrected chi connectivity index (χ2v) is 12.1. The van der Waals surface area contributed by atoms with Crippen LogP contribution in [0.1, 0.15) is 51.9 Å². The molecule has 2 aliphatic rings. The van der Waals surface area contributed by atoms with Crippen molar-refractivity contribution in [1.82, 2.24) is 20.0 Å². The summed E-state index contributed by atoms with van der Waals surface area (Å²) in [5, 5.41) is 11.4. The molecule has 44 heavy (non-hydrogen) atoms. The Balaban J connectivity index is 1.00. The Labute approximate surface area is 260 Å². The molecule has 0 aliphatic carbocycles. The topological polar surface area (TPSA) is 82.5 Å². The summed E-state index contributed by atoms with van der Waals surface area (Å²) in [5.74, 6) is 1.68. The van der Waals surface area contributed by atoms with E-state index in [0.29, 0.717) is 30.9 Å². The summed E-state index contributed by atoms with van der Waals surface area (Å²) in [5.41, 5.74) is 6.83. The molecule has 8 nitrogen and oxygen atoms in total. The van der Waals surface area contributed by atoms with Crippen LogP contribution in [0.25, 0.3) is 0 Å². The lowest BCUT2D eigenvalue weighted by Crippen LogP contribution is -2.41. The normalized spacial score (nSPS) is 14.9. The minimum Gasteiger partial charge on any atom is -0.343 e. The van der Waals surface area contributed by atoms with Crippen molar-refractivity contribution in [3.8, 4) is 0 Å². The lowest BCUT2D eigenvalue weighted by atomic mass is 9.95. The highest BCUT2D eigenvalue weighted by molar-refractivity contribution is 6.08. The molecule has 3 heterocycles. The summed E-state index contributed by atoms with van der Waals surface area (Å²) < 4.78 is 1.80. The number of nitrogens with one attached hydrogen (secondary N) is 2. The average Bonchev–Trinajstić information content (AvgIpc) is 3.30. The molecular weight excluding hydrogens is 548 g/mol. The Bertz CT molecular complexity index is 1610. The van der Waals surface area contributed by atoms with Gasteiger partial charge in [0.05, 0.1) is 24.1 Å². The third kappa shape index (κ3) is 6.70. The van der Waals surface area contributed by atoms with E-state index in [-0.39, 0.29) is 11.8 Å². The number of anilines is 3. The zero-order chi connectivity index (χ0) is 30.5. The van der Waals surface area contributed by atoms with Crippen LogP contribution in [0.4, 0.5) is 17.2 Å². The van der Waals surface area contributed by atoms with Crippen molar-refractivity contribution in [2.24, 2.45) is 13.0 Å². The second kappa shape index (κ2) is 13.5. The van der Waals surface area contributed by atoms with Crippen molar-refractivity contribution in [2.45, 2.75) is 45.6 Å². The first kappa shape index (κ1) is 29.6. The minimum atomic E-state index is -0.0564. The maximum Gasteiger partial charge on any atom is 0.258 e. The minimum absolute atomic E-state index is 0.0564. The summed E-state index contributed by atoms with van der Waals surface area (Å²) in [6.07, 6.45) is 6.12. The van der Waals surface area contributed by atoms with Crippen LogP contribution in [0.5, 0.6) is 0 Å². The van der Waals surface area contributed by atoms with Gasteiger partial charge in [-0.25, -0.2) is 0 Å². The number of piperidine rings is 1. The molecule has 2 aliphatic heterocycles. The number of hydrogen-bond acceptors (Lipinski definition) is 5. The molecule has 0 spiro atoms. The molecule has 8 heteroatoms. The van der Waals surface area contributed by atoms with Crippen molar-refractivity contribution in [3.63, 3.8) is 0 Å². The van der Waals surface area contributed by atoms with Crippen molar-refractivity contribution in [3.05, 3.63) is 107 Å². The molecule has 1 aromatic heterocycles. The molecule has 4 aromatic rings. The number of carbonyl (C=O) groups excluding carboxylic acids is 2. The van der Waals surface area contributed by atoms with Crippen LogP contribution in [0.2, 0.25) is 0 Å². The predicted octanol–water partition coefficient (Wildman–Crippen LogP) is 5.64. The first-order valence-corrected chi connectivity index (χ1v) is 15.8. The van der Waals surface area contributed by atoms with E-state index in [1.54, 1.807) is 4.68 Å². The molecule has 0 radical (unpaired) electrons. The fraction of sp³-hybridized carbons (Fsp3) is 0.361. The lowest BCUT2D eigenvalue weighted by molar-refractivity contribution is -0.132. The molecule has 0 unspecified atom stereocenters. The van der Waals surface area contributed by atoms with E-state index < -0.39 is 0 Å². The molecule has 0 saturated carbocycles. The molecule has 1 fully saturated rings. The predicted molar refractivity (Wildman–Crippen MR) is 175 cm³/mol. The van der Waals surface area contributed by atoms with E-state index in [0.717, 1.165) is 79.3 Å². The zero-order valence-electron chi connectivity index (χ0n) is 25.8. The maximum absolute atomic E-state index is 13.8. The Kier molecular flexibility index (Phi) is 9.07. The van der Waals surface area contributed by atoms with E-state index in [1.165, 1.54) is 5.56 Å². The monoisotopic (exact) mass is 590 g/mol. The SMILES string of the molecule is Cc1cc(C(=O)N2Cc3cnn(C)c3Nc3ccccc32)ccc1CCC(=O)N1CCC(CNCCc2ccccc2)CC1. The van der Waals surface area contributed by atoms with Crippen molar-refractivity contribution in [2.75, 3.05) is 36.4 Å². The highest BCUT2D eigenvalue weighted by atomic mass is 16.2. The van der Waals surface area contributed by atoms with Gasteiger partial charge in [0.1, 0.15) is 5.82 Å². The Morgan fingerprint density at radius 3 is 2.55 bits per heavy atom. The number of carbonyl (C=O) groups is 2. The van der Waals surface area contributed by atoms with Gasteiger partial charge >= 0.3 is 0 Å². The van der Waals surface area contributed by atoms with Crippen LogP contribution >= 0.6 is 0 Å². The molecular formula is C36H42N6O2. The number of nitrogens with zero attached hydrogens (tertiary/aromatic N) is 4. The summed E-state index contributed by atoms with van der Waals surface area (Å²) in [6.45, 7) is 6.14. The molecule has 3 aromatic carbocycles. The first-order valence-electron chi connectivity index (χ1n) is 15.8. The van der Waals surface area contributed by atoms with Crippen LogP contribution in [0.15, 0.2) is 79.0 Å². The van der Waals surface area contributed by atoms with E-state index in [4.69, 9.17) is 0 Å². The standard InChI is InChI=1S/C36H42N6O2/c1-26-22-30(36(44)42-25-31-24-38-40(2)35(31)39-32-10-6-7-11-33(32)42)13-12-29(26)14-15-34(43)41-20-17-28(18-21-41)23-37-19-16-27-8-4-3-5-9-27/h3-13,22,24,28,37,39H,14-21,23,25H2,1-2H3. The Hall–Kier alpha value is -4.43. The number of hydrogen-bond donors (Lipinski definition) is 2. The number of benzene rings is 3. The molecule has 0 bridgehead atoms. The van der Waals surface area contributed by atoms with Gasteiger partial charge in [-0.05, 0) is 92.6 Å². The van der Waals surface area contributed by atoms with Gasteiger partial charge in [-0.15, -0.1) is 0 Å². The van der Waals surface area contributed by atoms with Crippen molar-refractivity contribution < 1.29 is 9.59 Å². The maximum atomic E-state index is 13.8. The summed E-state index contributed by atoms with van der Waals surface area (Å²) in [6, 6.07) is 24.3. The number of amides is 2. The van der Waals surface area contributed by atoms with Gasteiger partial charge in [0.25, 0.3) is 5.91 Å². The van der Waals surface area contributed by atoms with Crippen LogP contribution in [-0.2, 0) is 31.2 Å². The van der Waals surface area contributed by atoms with Crippen LogP contribution in [-0.4, -0.2) is 52.7 Å². The average molecular weight is 591 g/mol. The highest BCUT2D eigenvalue weighted by Gasteiger charge is 2.27. The van der Waals surface area contributed by atoms with E-state index in [2.05, 4.69) is 46.1 Å². The summed E-state index contributed by atoms with van der Waals surface area (Å²) >= 11 is 0. The number of fused-ring (bicyclic) bond motifs is 2. The number of likely N-dealkylation sites (tertiary alicyclic amines) is 1. The Morgan fingerprint density at radius 2 is 1.75 bits per heavy atom. The molecule has 2 N–H and O–H groups in total. The van der Waals surface area contributed by atoms with Gasteiger partial charge in [0, 0.05) is 37.7 Å². The van der Waals surface area contributed by atoms with Crippen molar-refractivity contribution in [1.29, 1.82) is 0 Å². The van der Waals surface area contributed by atoms with Gasteiger partial charge < -0.3 is 20.4 Å². The Morgan fingerprint density at radius 1 is 0.977 bits per heavy atom. The van der Waals surface area contributed by atoms with Gasteiger partial charge in [-0.2, -0.15) is 5.10 Å². The highest BCUT2D eigenvalue weighted by Crippen LogP contribution is 2.36.